The van der Waals surface area contributed by atoms with Crippen molar-refractivity contribution in [2.75, 3.05) is 13.7 Å². The summed E-state index contributed by atoms with van der Waals surface area (Å²) in [5, 5.41) is 11.7. The first-order chi connectivity index (χ1) is 8.54. The van der Waals surface area contributed by atoms with E-state index >= 15 is 0 Å². The van der Waals surface area contributed by atoms with Gasteiger partial charge in [-0.1, -0.05) is 0 Å². The summed E-state index contributed by atoms with van der Waals surface area (Å²) in [5.74, 6) is -1.31. The topological polar surface area (TPSA) is 102 Å². The lowest BCUT2D eigenvalue weighted by Crippen LogP contribution is -2.44. The molecule has 1 saturated carbocycles. The van der Waals surface area contributed by atoms with Crippen molar-refractivity contribution in [2.24, 2.45) is 11.7 Å². The summed E-state index contributed by atoms with van der Waals surface area (Å²) in [5.41, 5.74) is 5.75. The normalized spacial score (nSPS) is 24.8. The third-order valence-corrected chi connectivity index (χ3v) is 3.33. The van der Waals surface area contributed by atoms with Crippen LogP contribution >= 0.6 is 0 Å². The molecule has 1 rings (SSSR count). The first-order valence-corrected chi connectivity index (χ1v) is 6.32. The Morgan fingerprint density at radius 1 is 1.50 bits per heavy atom. The smallest absolute Gasteiger partial charge is 0.306 e. The van der Waals surface area contributed by atoms with Crippen LogP contribution in [-0.4, -0.2) is 42.8 Å². The van der Waals surface area contributed by atoms with Crippen molar-refractivity contribution >= 4 is 11.9 Å². The van der Waals surface area contributed by atoms with Crippen LogP contribution in [0, 0.1) is 5.92 Å². The Kier molecular flexibility index (Phi) is 6.07. The first-order valence-electron chi connectivity index (χ1n) is 6.32. The van der Waals surface area contributed by atoms with Gasteiger partial charge in [-0.05, 0) is 32.1 Å². The number of carbonyl (C=O) groups excluding carboxylic acids is 1. The molecule has 1 aliphatic carbocycles. The number of hydrogen-bond donors (Lipinski definition) is 3. The summed E-state index contributed by atoms with van der Waals surface area (Å²) in [6.07, 6.45) is 3.17. The number of nitrogens with one attached hydrogen (secondary N) is 1. The lowest BCUT2D eigenvalue weighted by atomic mass is 10.1. The summed E-state index contributed by atoms with van der Waals surface area (Å²) in [7, 11) is 1.61. The molecule has 1 fully saturated rings. The Bertz CT molecular complexity index is 296. The van der Waals surface area contributed by atoms with Crippen molar-refractivity contribution in [2.45, 2.75) is 44.2 Å². The molecule has 0 bridgehead atoms. The highest BCUT2D eigenvalue weighted by atomic mass is 16.5. The molecule has 0 aromatic rings. The molecule has 3 unspecified atom stereocenters. The summed E-state index contributed by atoms with van der Waals surface area (Å²) in [4.78, 5) is 22.5. The van der Waals surface area contributed by atoms with Gasteiger partial charge in [-0.2, -0.15) is 0 Å². The fourth-order valence-corrected chi connectivity index (χ4v) is 2.22. The zero-order valence-corrected chi connectivity index (χ0v) is 10.7. The van der Waals surface area contributed by atoms with E-state index in [-0.39, 0.29) is 17.9 Å². The highest BCUT2D eigenvalue weighted by Gasteiger charge is 2.31. The number of carbonyl (C=O) groups is 2. The Balaban J connectivity index is 2.26. The minimum Gasteiger partial charge on any atom is -0.481 e. The maximum absolute atomic E-state index is 11.7. The fourth-order valence-electron chi connectivity index (χ4n) is 2.22. The molecule has 0 saturated heterocycles. The molecule has 0 spiro atoms. The second-order valence-corrected chi connectivity index (χ2v) is 4.80. The number of nitrogens with two attached hydrogens (primary N) is 1. The second kappa shape index (κ2) is 7.33. The summed E-state index contributed by atoms with van der Waals surface area (Å²) in [6.45, 7) is 0.589. The average molecular weight is 258 g/mol. The molecule has 0 aliphatic heterocycles. The Hall–Kier alpha value is -1.14. The van der Waals surface area contributed by atoms with E-state index in [1.54, 1.807) is 7.11 Å². The van der Waals surface area contributed by atoms with Gasteiger partial charge in [-0.3, -0.25) is 9.59 Å². The zero-order valence-electron chi connectivity index (χ0n) is 10.7. The number of hydrogen-bond acceptors (Lipinski definition) is 4. The third kappa shape index (κ3) is 4.62. The van der Waals surface area contributed by atoms with Crippen LogP contribution in [-0.2, 0) is 14.3 Å². The quantitative estimate of drug-likeness (QED) is 0.563. The van der Waals surface area contributed by atoms with Gasteiger partial charge in [0.2, 0.25) is 5.91 Å². The van der Waals surface area contributed by atoms with Crippen LogP contribution in [0.25, 0.3) is 0 Å². The predicted octanol–water partition coefficient (Wildman–Crippen LogP) is 0.110. The third-order valence-electron chi connectivity index (χ3n) is 3.33. The minimum absolute atomic E-state index is 0.0490. The Morgan fingerprint density at radius 3 is 2.78 bits per heavy atom. The number of methoxy groups -OCH3 is 1. The molecule has 1 aliphatic rings. The molecule has 1 amide bonds. The minimum atomic E-state index is -0.781. The van der Waals surface area contributed by atoms with Crippen molar-refractivity contribution in [3.05, 3.63) is 0 Å². The standard InChI is InChI=1S/C12H22N2O4/c1-18-6-2-3-10(13)11(15)14-9-5-4-8(7-9)12(16)17/h8-10H,2-7,13H2,1H3,(H,14,15)(H,16,17). The molecule has 18 heavy (non-hydrogen) atoms. The van der Waals surface area contributed by atoms with Crippen molar-refractivity contribution in [3.8, 4) is 0 Å². The van der Waals surface area contributed by atoms with Gasteiger partial charge >= 0.3 is 5.97 Å². The van der Waals surface area contributed by atoms with Gasteiger partial charge in [-0.25, -0.2) is 0 Å². The molecule has 0 radical (unpaired) electrons. The van der Waals surface area contributed by atoms with E-state index in [1.165, 1.54) is 0 Å². The molecule has 4 N–H and O–H groups in total. The van der Waals surface area contributed by atoms with Gasteiger partial charge in [0.1, 0.15) is 0 Å². The van der Waals surface area contributed by atoms with Gasteiger partial charge in [0.25, 0.3) is 0 Å². The van der Waals surface area contributed by atoms with Crippen LogP contribution in [0.3, 0.4) is 0 Å². The molecule has 6 heteroatoms. The van der Waals surface area contributed by atoms with Crippen LogP contribution in [0.2, 0.25) is 0 Å². The van der Waals surface area contributed by atoms with Gasteiger partial charge < -0.3 is 20.9 Å². The van der Waals surface area contributed by atoms with E-state index in [1.807, 2.05) is 0 Å². The maximum Gasteiger partial charge on any atom is 0.306 e. The lowest BCUT2D eigenvalue weighted by molar-refractivity contribution is -0.141. The van der Waals surface area contributed by atoms with E-state index in [0.29, 0.717) is 32.3 Å². The predicted molar refractivity (Wildman–Crippen MR) is 66.0 cm³/mol. The number of ether oxygens (including phenoxy) is 1. The van der Waals surface area contributed by atoms with Crippen molar-refractivity contribution in [1.29, 1.82) is 0 Å². The summed E-state index contributed by atoms with van der Waals surface area (Å²) in [6, 6.07) is -0.587. The zero-order chi connectivity index (χ0) is 13.5. The van der Waals surface area contributed by atoms with Gasteiger partial charge in [0.05, 0.1) is 12.0 Å². The first kappa shape index (κ1) is 14.9. The number of rotatable bonds is 7. The van der Waals surface area contributed by atoms with Crippen molar-refractivity contribution < 1.29 is 19.4 Å². The molecule has 3 atom stereocenters. The largest absolute Gasteiger partial charge is 0.481 e. The fraction of sp³-hybridized carbons (Fsp3) is 0.833. The molecule has 0 aromatic carbocycles. The van der Waals surface area contributed by atoms with E-state index < -0.39 is 12.0 Å². The number of aliphatic carboxylic acids is 1. The molecule has 0 aromatic heterocycles. The monoisotopic (exact) mass is 258 g/mol. The number of amides is 1. The summed E-state index contributed by atoms with van der Waals surface area (Å²) < 4.78 is 4.89. The van der Waals surface area contributed by atoms with Crippen LogP contribution in [0.1, 0.15) is 32.1 Å². The van der Waals surface area contributed by atoms with Gasteiger partial charge in [0.15, 0.2) is 0 Å². The maximum atomic E-state index is 11.7. The summed E-state index contributed by atoms with van der Waals surface area (Å²) >= 11 is 0. The SMILES string of the molecule is COCCCC(N)C(=O)NC1CCC(C(=O)O)C1. The molecular formula is C12H22N2O4. The molecular weight excluding hydrogens is 236 g/mol. The highest BCUT2D eigenvalue weighted by Crippen LogP contribution is 2.25. The highest BCUT2D eigenvalue weighted by molar-refractivity contribution is 5.82. The lowest BCUT2D eigenvalue weighted by Gasteiger charge is -2.16. The van der Waals surface area contributed by atoms with Crippen LogP contribution in [0.5, 0.6) is 0 Å². The van der Waals surface area contributed by atoms with Gasteiger partial charge in [-0.15, -0.1) is 0 Å². The van der Waals surface area contributed by atoms with E-state index in [2.05, 4.69) is 5.32 Å². The Labute approximate surface area is 107 Å². The van der Waals surface area contributed by atoms with Crippen LogP contribution < -0.4 is 11.1 Å². The van der Waals surface area contributed by atoms with Crippen molar-refractivity contribution in [3.63, 3.8) is 0 Å². The molecule has 0 heterocycles. The second-order valence-electron chi connectivity index (χ2n) is 4.80. The number of carboxylic acids is 1. The number of carboxylic acid groups (broad SMARTS) is 1. The van der Waals surface area contributed by atoms with E-state index in [0.717, 1.165) is 6.42 Å². The van der Waals surface area contributed by atoms with Gasteiger partial charge in [0, 0.05) is 19.8 Å². The molecule has 104 valence electrons. The van der Waals surface area contributed by atoms with E-state index in [9.17, 15) is 9.59 Å². The van der Waals surface area contributed by atoms with Crippen molar-refractivity contribution in [1.82, 2.24) is 5.32 Å². The van der Waals surface area contributed by atoms with Crippen LogP contribution in [0.4, 0.5) is 0 Å². The van der Waals surface area contributed by atoms with E-state index in [4.69, 9.17) is 15.6 Å². The Morgan fingerprint density at radius 2 is 2.22 bits per heavy atom. The average Bonchev–Trinajstić information content (AvgIpc) is 2.77. The van der Waals surface area contributed by atoms with Crippen LogP contribution in [0.15, 0.2) is 0 Å². The molecule has 6 nitrogen and oxygen atoms in total.